The Morgan fingerprint density at radius 1 is 1.44 bits per heavy atom. The minimum Gasteiger partial charge on any atom is -0.379 e. The molecule has 0 fully saturated rings. The van der Waals surface area contributed by atoms with Gasteiger partial charge in [-0.1, -0.05) is 50.3 Å². The van der Waals surface area contributed by atoms with Gasteiger partial charge in [-0.05, 0) is 18.1 Å². The minimum atomic E-state index is -4.67. The number of rotatable bonds is 3. The fourth-order valence-corrected chi connectivity index (χ4v) is 1.60. The Morgan fingerprint density at radius 2 is 2.00 bits per heavy atom. The van der Waals surface area contributed by atoms with E-state index in [1.54, 1.807) is 6.08 Å². The summed E-state index contributed by atoms with van der Waals surface area (Å²) >= 11 is 0. The van der Waals surface area contributed by atoms with Gasteiger partial charge in [0.15, 0.2) is 6.10 Å². The summed E-state index contributed by atoms with van der Waals surface area (Å²) < 4.78 is 36.7. The Morgan fingerprint density at radius 3 is 2.39 bits per heavy atom. The van der Waals surface area contributed by atoms with Crippen LogP contribution >= 0.6 is 0 Å². The summed E-state index contributed by atoms with van der Waals surface area (Å²) in [5.41, 5.74) is 1.49. The van der Waals surface area contributed by atoms with Crippen molar-refractivity contribution < 1.29 is 18.3 Å². The molecule has 1 aliphatic rings. The summed E-state index contributed by atoms with van der Waals surface area (Å²) in [6, 6.07) is 0. The maximum atomic E-state index is 12.2. The standard InChI is InChI=1S/C14H17F3O/c1-9(12(18)14(15,16)17)5-6-11-7-8-13(3,4)10(11)2/h5-8,12,18H,1H2,2-4H3/b6-5-. The maximum absolute atomic E-state index is 12.2. The third-order valence-corrected chi connectivity index (χ3v) is 3.22. The maximum Gasteiger partial charge on any atom is 0.418 e. The molecular weight excluding hydrogens is 241 g/mol. The Balaban J connectivity index is 2.82. The van der Waals surface area contributed by atoms with Gasteiger partial charge in [-0.3, -0.25) is 0 Å². The van der Waals surface area contributed by atoms with Crippen molar-refractivity contribution in [3.8, 4) is 0 Å². The van der Waals surface area contributed by atoms with E-state index < -0.39 is 12.3 Å². The molecule has 0 spiro atoms. The van der Waals surface area contributed by atoms with E-state index in [4.69, 9.17) is 5.11 Å². The van der Waals surface area contributed by atoms with Crippen molar-refractivity contribution in [3.63, 3.8) is 0 Å². The monoisotopic (exact) mass is 258 g/mol. The second-order valence-corrected chi connectivity index (χ2v) is 4.99. The highest BCUT2D eigenvalue weighted by Gasteiger charge is 2.39. The van der Waals surface area contributed by atoms with Gasteiger partial charge < -0.3 is 5.11 Å². The predicted octanol–water partition coefficient (Wildman–Crippen LogP) is 3.93. The summed E-state index contributed by atoms with van der Waals surface area (Å²) in [6.45, 7) is 9.23. The van der Waals surface area contributed by atoms with E-state index >= 15 is 0 Å². The molecule has 1 N–H and O–H groups in total. The molecule has 0 aromatic rings. The molecule has 0 heterocycles. The Labute approximate surface area is 105 Å². The molecular formula is C14H17F3O. The average molecular weight is 258 g/mol. The lowest BCUT2D eigenvalue weighted by atomic mass is 9.87. The van der Waals surface area contributed by atoms with E-state index in [1.807, 2.05) is 32.9 Å². The molecule has 0 bridgehead atoms. The fourth-order valence-electron chi connectivity index (χ4n) is 1.60. The van der Waals surface area contributed by atoms with Crippen LogP contribution in [-0.2, 0) is 0 Å². The first-order valence-corrected chi connectivity index (χ1v) is 5.58. The average Bonchev–Trinajstić information content (AvgIpc) is 2.49. The fraction of sp³-hybridized carbons (Fsp3) is 0.429. The molecule has 0 saturated carbocycles. The lowest BCUT2D eigenvalue weighted by molar-refractivity contribution is -0.190. The van der Waals surface area contributed by atoms with E-state index in [0.29, 0.717) is 0 Å². The molecule has 0 saturated heterocycles. The second kappa shape index (κ2) is 4.76. The van der Waals surface area contributed by atoms with Crippen molar-refractivity contribution in [2.45, 2.75) is 33.1 Å². The highest BCUT2D eigenvalue weighted by Crippen LogP contribution is 2.36. The molecule has 1 atom stereocenters. The Kier molecular flexibility index (Phi) is 3.91. The molecule has 0 amide bonds. The van der Waals surface area contributed by atoms with E-state index in [1.165, 1.54) is 6.08 Å². The topological polar surface area (TPSA) is 20.2 Å². The van der Waals surface area contributed by atoms with Crippen LogP contribution in [0.4, 0.5) is 13.2 Å². The second-order valence-electron chi connectivity index (χ2n) is 4.99. The summed E-state index contributed by atoms with van der Waals surface area (Å²) in [4.78, 5) is 0. The van der Waals surface area contributed by atoms with Gasteiger partial charge in [-0.25, -0.2) is 0 Å². The third kappa shape index (κ3) is 3.13. The Bertz CT molecular complexity index is 436. The zero-order valence-corrected chi connectivity index (χ0v) is 10.7. The number of hydrogen-bond donors (Lipinski definition) is 1. The summed E-state index contributed by atoms with van der Waals surface area (Å²) in [5, 5.41) is 8.99. The number of halogens is 3. The van der Waals surface area contributed by atoms with E-state index in [2.05, 4.69) is 6.58 Å². The summed E-state index contributed by atoms with van der Waals surface area (Å²) in [5.74, 6) is 0. The molecule has 0 aromatic carbocycles. The van der Waals surface area contributed by atoms with Crippen LogP contribution in [0.15, 0.2) is 47.6 Å². The van der Waals surface area contributed by atoms with Gasteiger partial charge in [0, 0.05) is 5.41 Å². The van der Waals surface area contributed by atoms with Crippen molar-refractivity contribution in [1.82, 2.24) is 0 Å². The van der Waals surface area contributed by atoms with Crippen molar-refractivity contribution in [2.75, 3.05) is 0 Å². The number of alkyl halides is 3. The number of aliphatic hydroxyl groups excluding tert-OH is 1. The minimum absolute atomic E-state index is 0.0797. The van der Waals surface area contributed by atoms with E-state index in [0.717, 1.165) is 11.1 Å². The molecule has 1 unspecified atom stereocenters. The first kappa shape index (κ1) is 14.8. The molecule has 100 valence electrons. The molecule has 18 heavy (non-hydrogen) atoms. The quantitative estimate of drug-likeness (QED) is 0.760. The first-order valence-electron chi connectivity index (χ1n) is 5.58. The van der Waals surface area contributed by atoms with Gasteiger partial charge in [0.1, 0.15) is 0 Å². The third-order valence-electron chi connectivity index (χ3n) is 3.22. The molecule has 1 aliphatic carbocycles. The largest absolute Gasteiger partial charge is 0.418 e. The summed E-state index contributed by atoms with van der Waals surface area (Å²) in [7, 11) is 0. The molecule has 0 aliphatic heterocycles. The number of allylic oxidation sites excluding steroid dienone is 5. The van der Waals surface area contributed by atoms with Crippen LogP contribution in [0, 0.1) is 5.41 Å². The molecule has 4 heteroatoms. The molecule has 0 radical (unpaired) electrons. The number of hydrogen-bond acceptors (Lipinski definition) is 1. The predicted molar refractivity (Wildman–Crippen MR) is 66.0 cm³/mol. The lowest BCUT2D eigenvalue weighted by Gasteiger charge is -2.17. The van der Waals surface area contributed by atoms with E-state index in [9.17, 15) is 13.2 Å². The van der Waals surface area contributed by atoms with Gasteiger partial charge in [0.2, 0.25) is 0 Å². The highest BCUT2D eigenvalue weighted by atomic mass is 19.4. The van der Waals surface area contributed by atoms with Crippen LogP contribution in [0.1, 0.15) is 20.8 Å². The molecule has 1 nitrogen and oxygen atoms in total. The smallest absolute Gasteiger partial charge is 0.379 e. The highest BCUT2D eigenvalue weighted by molar-refractivity contribution is 5.47. The van der Waals surface area contributed by atoms with Crippen LogP contribution < -0.4 is 0 Å². The van der Waals surface area contributed by atoms with Crippen molar-refractivity contribution in [2.24, 2.45) is 5.41 Å². The molecule has 1 rings (SSSR count). The van der Waals surface area contributed by atoms with Gasteiger partial charge in [-0.15, -0.1) is 0 Å². The van der Waals surface area contributed by atoms with Crippen LogP contribution in [0.3, 0.4) is 0 Å². The molecule has 0 aromatic heterocycles. The van der Waals surface area contributed by atoms with Crippen LogP contribution in [-0.4, -0.2) is 17.4 Å². The van der Waals surface area contributed by atoms with Gasteiger partial charge >= 0.3 is 6.18 Å². The van der Waals surface area contributed by atoms with Crippen LogP contribution in [0.25, 0.3) is 0 Å². The van der Waals surface area contributed by atoms with Crippen LogP contribution in [0.2, 0.25) is 0 Å². The lowest BCUT2D eigenvalue weighted by Crippen LogP contribution is -2.29. The van der Waals surface area contributed by atoms with Crippen LogP contribution in [0.5, 0.6) is 0 Å². The normalized spacial score (nSPS) is 20.8. The zero-order chi connectivity index (χ0) is 14.1. The van der Waals surface area contributed by atoms with Crippen molar-refractivity contribution >= 4 is 0 Å². The SMILES string of the molecule is C=C(/C=C\C1=C(C)C(C)(C)C=C1)C(O)C(F)(F)F. The van der Waals surface area contributed by atoms with Gasteiger partial charge in [0.05, 0.1) is 0 Å². The summed E-state index contributed by atoms with van der Waals surface area (Å²) in [6.07, 6.45) is -0.562. The first-order chi connectivity index (χ1) is 8.05. The number of aliphatic hydroxyl groups is 1. The van der Waals surface area contributed by atoms with Crippen molar-refractivity contribution in [1.29, 1.82) is 0 Å². The zero-order valence-electron chi connectivity index (χ0n) is 10.7. The van der Waals surface area contributed by atoms with Crippen molar-refractivity contribution in [3.05, 3.63) is 47.6 Å². The van der Waals surface area contributed by atoms with E-state index in [-0.39, 0.29) is 11.0 Å². The Hall–Kier alpha value is -1.29. The van der Waals surface area contributed by atoms with Gasteiger partial charge in [-0.2, -0.15) is 13.2 Å². The van der Waals surface area contributed by atoms with Gasteiger partial charge in [0.25, 0.3) is 0 Å².